The molecule has 0 amide bonds. The van der Waals surface area contributed by atoms with Crippen molar-refractivity contribution in [2.45, 2.75) is 0 Å². The van der Waals surface area contributed by atoms with E-state index in [0.29, 0.717) is 16.4 Å². The van der Waals surface area contributed by atoms with Gasteiger partial charge in [-0.3, -0.25) is 4.98 Å². The van der Waals surface area contributed by atoms with Crippen molar-refractivity contribution in [3.8, 4) is 11.5 Å². The van der Waals surface area contributed by atoms with Crippen molar-refractivity contribution in [1.82, 2.24) is 4.98 Å². The molecule has 0 aliphatic heterocycles. The predicted octanol–water partition coefficient (Wildman–Crippen LogP) is 2.57. The Bertz CT molecular complexity index is 841. The summed E-state index contributed by atoms with van der Waals surface area (Å²) in [6.07, 6.45) is 4.99. The van der Waals surface area contributed by atoms with E-state index in [4.69, 9.17) is 9.84 Å². The quantitative estimate of drug-likeness (QED) is 0.165. The van der Waals surface area contributed by atoms with E-state index in [-0.39, 0.29) is 32.3 Å². The van der Waals surface area contributed by atoms with E-state index >= 15 is 0 Å². The monoisotopic (exact) mass is 594 g/mol. The Labute approximate surface area is 189 Å². The molecule has 9 heteroatoms. The standard InChI is InChI=1S/C15H15N3O2S.C5H5N.H2O.Pt/c1-20-13-9-5-6-11(14(13)19)10-16-18-15(21)17-12-7-3-2-4-8-12;1-2-4-6-5-3-1;;/h2-10H,1H3,(H3,16,17,18,19,21);1-5H;1H2;/p+1. The Balaban J connectivity index is 0.000000843. The molecule has 0 saturated carbocycles. The topological polar surface area (TPSA) is 115 Å². The Morgan fingerprint density at radius 2 is 1.72 bits per heavy atom. The summed E-state index contributed by atoms with van der Waals surface area (Å²) in [7, 11) is 1.53. The number of nitrogens with zero attached hydrogens (tertiary/aromatic N) is 3. The summed E-state index contributed by atoms with van der Waals surface area (Å²) in [5.74, 6) is 0.770. The third-order valence-corrected chi connectivity index (χ3v) is 3.43. The second kappa shape index (κ2) is 15.2. The molecule has 0 spiro atoms. The van der Waals surface area contributed by atoms with Gasteiger partial charge in [0, 0.05) is 45.4 Å². The van der Waals surface area contributed by atoms with E-state index < -0.39 is 0 Å². The minimum absolute atomic E-state index is 0. The maximum Gasteiger partial charge on any atom is 0.305 e. The third-order valence-electron chi connectivity index (χ3n) is 3.22. The molecule has 0 fully saturated rings. The molecule has 1 aromatic heterocycles. The van der Waals surface area contributed by atoms with Gasteiger partial charge in [-0.15, -0.1) is 0 Å². The summed E-state index contributed by atoms with van der Waals surface area (Å²) < 4.78 is 5.08. The van der Waals surface area contributed by atoms with Crippen molar-refractivity contribution < 1.29 is 36.4 Å². The van der Waals surface area contributed by atoms with Gasteiger partial charge in [-0.2, -0.15) is 0 Å². The van der Waals surface area contributed by atoms with Crippen LogP contribution in [0, 0.1) is 0 Å². The number of nitrogens with one attached hydrogen (secondary N) is 1. The summed E-state index contributed by atoms with van der Waals surface area (Å²) in [4.78, 5) is 3.78. The number of anilines is 1. The van der Waals surface area contributed by atoms with Crippen molar-refractivity contribution in [1.29, 1.82) is 0 Å². The average molecular weight is 595 g/mol. The maximum absolute atomic E-state index is 7.91. The number of methoxy groups -OCH3 is 1. The molecule has 1 heterocycles. The molecule has 29 heavy (non-hydrogen) atoms. The Morgan fingerprint density at radius 1 is 1.07 bits per heavy atom. The number of benzene rings is 2. The van der Waals surface area contributed by atoms with Crippen LogP contribution >= 0.6 is 0 Å². The number of rotatable bonds is 4. The summed E-state index contributed by atoms with van der Waals surface area (Å²) in [6.45, 7) is 0. The van der Waals surface area contributed by atoms with Gasteiger partial charge in [0.15, 0.2) is 12.2 Å². The number of ether oxygens (including phenoxy) is 1. The third kappa shape index (κ3) is 9.80. The Hall–Kier alpha value is -2.80. The van der Waals surface area contributed by atoms with Gasteiger partial charge in [-0.1, -0.05) is 30.3 Å². The molecule has 0 saturated heterocycles. The number of hydrogen-bond donors (Lipinski definition) is 1. The Morgan fingerprint density at radius 3 is 2.28 bits per heavy atom. The Kier molecular flexibility index (Phi) is 13.7. The number of pyridine rings is 1. The first-order valence-corrected chi connectivity index (χ1v) is 8.51. The molecule has 3 aromatic rings. The molecule has 7 nitrogen and oxygen atoms in total. The minimum Gasteiger partial charge on any atom is -0.590 e. The van der Waals surface area contributed by atoms with Crippen LogP contribution in [0.5, 0.6) is 11.5 Å². The second-order valence-electron chi connectivity index (χ2n) is 5.11. The van der Waals surface area contributed by atoms with Gasteiger partial charge in [0.25, 0.3) is 0 Å². The predicted molar refractivity (Wildman–Crippen MR) is 119 cm³/mol. The maximum atomic E-state index is 7.91. The fraction of sp³-hybridized carbons (Fsp3) is 0.0500. The molecule has 0 unspecified atom stereocenters. The molecule has 0 radical (unpaired) electrons. The smallest absolute Gasteiger partial charge is 0.305 e. The molecule has 0 bridgehead atoms. The SMILES string of the molecule is COc1cccc(/C=N/[N-]C(=[SH+])Nc2ccccc2)c1[OH2+].O.[Pt].c1ccncc1. The summed E-state index contributed by atoms with van der Waals surface area (Å²) in [5, 5.41) is 15.2. The molecule has 0 aliphatic carbocycles. The van der Waals surface area contributed by atoms with Crippen molar-refractivity contribution >= 4 is 29.2 Å². The van der Waals surface area contributed by atoms with Gasteiger partial charge >= 0.3 is 5.75 Å². The van der Waals surface area contributed by atoms with Crippen LogP contribution in [0.2, 0.25) is 0 Å². The molecule has 0 aliphatic rings. The zero-order chi connectivity index (χ0) is 19.3. The normalized spacial score (nSPS) is 9.14. The van der Waals surface area contributed by atoms with Crippen molar-refractivity contribution in [2.24, 2.45) is 5.10 Å². The van der Waals surface area contributed by atoms with Crippen LogP contribution in [0.3, 0.4) is 0 Å². The van der Waals surface area contributed by atoms with Crippen molar-refractivity contribution in [3.63, 3.8) is 0 Å². The summed E-state index contributed by atoms with van der Waals surface area (Å²) in [6, 6.07) is 20.6. The largest absolute Gasteiger partial charge is 0.590 e. The molecule has 0 atom stereocenters. The molecular weight excluding hydrogens is 571 g/mol. The molecule has 2 aromatic carbocycles. The van der Waals surface area contributed by atoms with Crippen LogP contribution in [0.1, 0.15) is 5.56 Å². The number of para-hydroxylation sites is 2. The van der Waals surface area contributed by atoms with Gasteiger partial charge < -0.3 is 31.2 Å². The molecule has 5 N–H and O–H groups in total. The van der Waals surface area contributed by atoms with Crippen LogP contribution in [0.25, 0.3) is 5.43 Å². The van der Waals surface area contributed by atoms with Gasteiger partial charge in [0.05, 0.1) is 12.7 Å². The number of aromatic nitrogens is 1. The van der Waals surface area contributed by atoms with E-state index in [1.807, 2.05) is 48.5 Å². The first-order valence-electron chi connectivity index (χ1n) is 8.06. The minimum atomic E-state index is 0. The molecule has 3 rings (SSSR count). The van der Waals surface area contributed by atoms with Crippen LogP contribution in [0.15, 0.2) is 84.2 Å². The second-order valence-corrected chi connectivity index (χ2v) is 5.53. The zero-order valence-electron chi connectivity index (χ0n) is 15.6. The number of thiol groups is 1. The molecule has 156 valence electrons. The first-order chi connectivity index (χ1) is 13.2. The zero-order valence-corrected chi connectivity index (χ0v) is 18.8. The fourth-order valence-corrected chi connectivity index (χ4v) is 2.14. The van der Waals surface area contributed by atoms with Crippen LogP contribution < -0.4 is 10.1 Å². The van der Waals surface area contributed by atoms with E-state index in [9.17, 15) is 0 Å². The summed E-state index contributed by atoms with van der Waals surface area (Å²) in [5.41, 5.74) is 5.43. The average Bonchev–Trinajstić information content (AvgIpc) is 2.72. The first kappa shape index (κ1) is 26.2. The van der Waals surface area contributed by atoms with E-state index in [1.165, 1.54) is 13.3 Å². The van der Waals surface area contributed by atoms with Crippen LogP contribution in [0.4, 0.5) is 5.69 Å². The fourth-order valence-electron chi connectivity index (χ4n) is 1.96. The van der Waals surface area contributed by atoms with Gasteiger partial charge in [-0.25, -0.2) is 0 Å². The molecular formula is C20H23N4O3PtS+. The van der Waals surface area contributed by atoms with Crippen molar-refractivity contribution in [3.05, 3.63) is 90.1 Å². The van der Waals surface area contributed by atoms with Crippen molar-refractivity contribution in [2.75, 3.05) is 12.4 Å². The van der Waals surface area contributed by atoms with Gasteiger partial charge in [0.2, 0.25) is 10.9 Å². The van der Waals surface area contributed by atoms with Crippen LogP contribution in [-0.4, -0.2) is 34.0 Å². The van der Waals surface area contributed by atoms with Gasteiger partial charge in [0.1, 0.15) is 0 Å². The van der Waals surface area contributed by atoms with E-state index in [2.05, 4.69) is 33.0 Å². The van der Waals surface area contributed by atoms with Gasteiger partial charge in [-0.05, 0) is 36.4 Å². The van der Waals surface area contributed by atoms with E-state index in [0.717, 1.165) is 5.69 Å². The summed E-state index contributed by atoms with van der Waals surface area (Å²) >= 11 is 4.21. The van der Waals surface area contributed by atoms with E-state index in [1.54, 1.807) is 30.6 Å². The van der Waals surface area contributed by atoms with Crippen LogP contribution in [-0.2, 0) is 33.3 Å². The number of hydrogen-bond acceptors (Lipinski definition) is 3.